The van der Waals surface area contributed by atoms with Crippen molar-refractivity contribution in [1.29, 1.82) is 0 Å². The standard InChI is InChI=1S/C14H23N5O2S/c1-2-12-16-14(22-17-12)19-5-3-4-18(6-7-19)13(21)11-8-10(20)9-15-11/h10-11,15,20H,2-9H2,1H3. The average molecular weight is 325 g/mol. The molecule has 0 saturated carbocycles. The lowest BCUT2D eigenvalue weighted by molar-refractivity contribution is -0.133. The number of nitrogens with one attached hydrogen (secondary N) is 1. The Hall–Kier alpha value is -1.25. The molecule has 8 heteroatoms. The van der Waals surface area contributed by atoms with Crippen molar-refractivity contribution >= 4 is 22.6 Å². The predicted molar refractivity (Wildman–Crippen MR) is 85.1 cm³/mol. The normalized spacial score (nSPS) is 26.3. The fourth-order valence-corrected chi connectivity index (χ4v) is 3.77. The summed E-state index contributed by atoms with van der Waals surface area (Å²) in [7, 11) is 0. The van der Waals surface area contributed by atoms with Crippen LogP contribution in [0.25, 0.3) is 0 Å². The quantitative estimate of drug-likeness (QED) is 0.805. The topological polar surface area (TPSA) is 81.6 Å². The molecule has 2 fully saturated rings. The number of hydrogen-bond donors (Lipinski definition) is 2. The van der Waals surface area contributed by atoms with Crippen molar-refractivity contribution < 1.29 is 9.90 Å². The summed E-state index contributed by atoms with van der Waals surface area (Å²) in [6, 6.07) is -0.227. The highest BCUT2D eigenvalue weighted by atomic mass is 32.1. The molecule has 2 N–H and O–H groups in total. The van der Waals surface area contributed by atoms with Crippen molar-refractivity contribution in [3.05, 3.63) is 5.82 Å². The van der Waals surface area contributed by atoms with E-state index in [4.69, 9.17) is 0 Å². The summed E-state index contributed by atoms with van der Waals surface area (Å²) in [5, 5.41) is 13.6. The van der Waals surface area contributed by atoms with Crippen LogP contribution in [-0.4, -0.2) is 70.1 Å². The summed E-state index contributed by atoms with van der Waals surface area (Å²) in [6.45, 7) is 5.73. The second-order valence-corrected chi connectivity index (χ2v) is 6.59. The molecule has 2 aliphatic heterocycles. The first-order valence-corrected chi connectivity index (χ1v) is 8.72. The van der Waals surface area contributed by atoms with E-state index in [0.29, 0.717) is 19.5 Å². The molecule has 122 valence electrons. The highest BCUT2D eigenvalue weighted by molar-refractivity contribution is 7.09. The van der Waals surface area contributed by atoms with Gasteiger partial charge in [0, 0.05) is 50.7 Å². The molecule has 2 aliphatic rings. The highest BCUT2D eigenvalue weighted by Crippen LogP contribution is 2.20. The molecule has 2 atom stereocenters. The Morgan fingerprint density at radius 3 is 2.95 bits per heavy atom. The fraction of sp³-hybridized carbons (Fsp3) is 0.786. The zero-order valence-corrected chi connectivity index (χ0v) is 13.7. The Morgan fingerprint density at radius 1 is 1.41 bits per heavy atom. The molecule has 0 aromatic carbocycles. The zero-order valence-electron chi connectivity index (χ0n) is 12.9. The van der Waals surface area contributed by atoms with Crippen LogP contribution < -0.4 is 10.2 Å². The molecule has 3 rings (SSSR count). The van der Waals surface area contributed by atoms with Crippen LogP contribution in [0.3, 0.4) is 0 Å². The van der Waals surface area contributed by atoms with Gasteiger partial charge in [-0.25, -0.2) is 4.98 Å². The van der Waals surface area contributed by atoms with Crippen molar-refractivity contribution in [2.75, 3.05) is 37.6 Å². The van der Waals surface area contributed by atoms with Gasteiger partial charge in [-0.15, -0.1) is 0 Å². The molecule has 2 unspecified atom stereocenters. The molecule has 1 aromatic heterocycles. The van der Waals surface area contributed by atoms with E-state index >= 15 is 0 Å². The number of carbonyl (C=O) groups excluding carboxylic acids is 1. The lowest BCUT2D eigenvalue weighted by Gasteiger charge is -2.24. The number of aliphatic hydroxyl groups excluding tert-OH is 1. The van der Waals surface area contributed by atoms with E-state index in [2.05, 4.69) is 26.5 Å². The first-order valence-electron chi connectivity index (χ1n) is 7.95. The Morgan fingerprint density at radius 2 is 2.27 bits per heavy atom. The maximum atomic E-state index is 12.5. The molecule has 1 aromatic rings. The Labute approximate surface area is 134 Å². The molecular weight excluding hydrogens is 302 g/mol. The SMILES string of the molecule is CCc1nsc(N2CCCN(C(=O)C3CC(O)CN3)CC2)n1. The second-order valence-electron chi connectivity index (χ2n) is 5.86. The maximum Gasteiger partial charge on any atom is 0.239 e. The zero-order chi connectivity index (χ0) is 15.5. The Balaban J connectivity index is 1.58. The minimum Gasteiger partial charge on any atom is -0.392 e. The van der Waals surface area contributed by atoms with Crippen molar-refractivity contribution in [2.24, 2.45) is 0 Å². The average Bonchev–Trinajstić information content (AvgIpc) is 3.10. The van der Waals surface area contributed by atoms with Crippen LogP contribution >= 0.6 is 11.5 Å². The molecule has 1 amide bonds. The fourth-order valence-electron chi connectivity index (χ4n) is 2.97. The maximum absolute atomic E-state index is 12.5. The summed E-state index contributed by atoms with van der Waals surface area (Å²) in [4.78, 5) is 21.2. The number of amides is 1. The van der Waals surface area contributed by atoms with Gasteiger partial charge in [0.05, 0.1) is 12.1 Å². The minimum absolute atomic E-state index is 0.116. The van der Waals surface area contributed by atoms with Crippen molar-refractivity contribution in [3.63, 3.8) is 0 Å². The van der Waals surface area contributed by atoms with E-state index in [-0.39, 0.29) is 11.9 Å². The molecular formula is C14H23N5O2S. The van der Waals surface area contributed by atoms with E-state index < -0.39 is 6.10 Å². The highest BCUT2D eigenvalue weighted by Gasteiger charge is 2.32. The van der Waals surface area contributed by atoms with Gasteiger partial charge in [0.1, 0.15) is 5.82 Å². The van der Waals surface area contributed by atoms with Gasteiger partial charge in [0.2, 0.25) is 11.0 Å². The van der Waals surface area contributed by atoms with E-state index in [0.717, 1.165) is 43.4 Å². The summed E-state index contributed by atoms with van der Waals surface area (Å²) < 4.78 is 4.34. The van der Waals surface area contributed by atoms with Crippen LogP contribution in [0.1, 0.15) is 25.6 Å². The monoisotopic (exact) mass is 325 g/mol. The van der Waals surface area contributed by atoms with Crippen LogP contribution in [0.2, 0.25) is 0 Å². The molecule has 0 spiro atoms. The number of carbonyl (C=O) groups is 1. The first-order chi connectivity index (χ1) is 10.7. The Kier molecular flexibility index (Phi) is 4.90. The summed E-state index contributed by atoms with van der Waals surface area (Å²) in [6.07, 6.45) is 1.91. The molecule has 0 aliphatic carbocycles. The van der Waals surface area contributed by atoms with Gasteiger partial charge >= 0.3 is 0 Å². The third-order valence-corrected chi connectivity index (χ3v) is 5.07. The van der Waals surface area contributed by atoms with Crippen LogP contribution in [0, 0.1) is 0 Å². The van der Waals surface area contributed by atoms with E-state index in [1.165, 1.54) is 11.5 Å². The molecule has 3 heterocycles. The smallest absolute Gasteiger partial charge is 0.239 e. The number of aryl methyl sites for hydroxylation is 1. The third-order valence-electron chi connectivity index (χ3n) is 4.26. The van der Waals surface area contributed by atoms with Crippen LogP contribution in [0.5, 0.6) is 0 Å². The van der Waals surface area contributed by atoms with Gasteiger partial charge in [-0.05, 0) is 12.8 Å². The number of nitrogens with zero attached hydrogens (tertiary/aromatic N) is 4. The summed E-state index contributed by atoms with van der Waals surface area (Å²) in [5.41, 5.74) is 0. The van der Waals surface area contributed by atoms with Crippen molar-refractivity contribution in [3.8, 4) is 0 Å². The molecule has 7 nitrogen and oxygen atoms in total. The summed E-state index contributed by atoms with van der Waals surface area (Å²) >= 11 is 1.44. The van der Waals surface area contributed by atoms with Gasteiger partial charge < -0.3 is 20.2 Å². The lowest BCUT2D eigenvalue weighted by atomic mass is 10.2. The first kappa shape index (κ1) is 15.6. The van der Waals surface area contributed by atoms with Crippen molar-refractivity contribution in [1.82, 2.24) is 19.6 Å². The number of rotatable bonds is 3. The number of hydrogen-bond acceptors (Lipinski definition) is 7. The lowest BCUT2D eigenvalue weighted by Crippen LogP contribution is -2.45. The number of aromatic nitrogens is 2. The number of β-amino-alcohol motifs (C(OH)–C–C–N with tert-alkyl or cyclic N) is 1. The van der Waals surface area contributed by atoms with E-state index in [1.807, 2.05) is 4.90 Å². The number of anilines is 1. The second kappa shape index (κ2) is 6.89. The van der Waals surface area contributed by atoms with E-state index in [1.54, 1.807) is 0 Å². The van der Waals surface area contributed by atoms with Crippen LogP contribution in [-0.2, 0) is 11.2 Å². The van der Waals surface area contributed by atoms with E-state index in [9.17, 15) is 9.90 Å². The molecule has 0 bridgehead atoms. The number of aliphatic hydroxyl groups is 1. The van der Waals surface area contributed by atoms with Gasteiger partial charge in [0.15, 0.2) is 0 Å². The molecule has 22 heavy (non-hydrogen) atoms. The van der Waals surface area contributed by atoms with Crippen LogP contribution in [0.15, 0.2) is 0 Å². The third kappa shape index (κ3) is 3.39. The minimum atomic E-state index is -0.397. The van der Waals surface area contributed by atoms with Gasteiger partial charge in [-0.2, -0.15) is 4.37 Å². The van der Waals surface area contributed by atoms with Gasteiger partial charge in [0.25, 0.3) is 0 Å². The summed E-state index contributed by atoms with van der Waals surface area (Å²) in [5.74, 6) is 1.01. The van der Waals surface area contributed by atoms with Gasteiger partial charge in [-0.3, -0.25) is 4.79 Å². The van der Waals surface area contributed by atoms with Crippen LogP contribution in [0.4, 0.5) is 5.13 Å². The van der Waals surface area contributed by atoms with Gasteiger partial charge in [-0.1, -0.05) is 6.92 Å². The van der Waals surface area contributed by atoms with Crippen molar-refractivity contribution in [2.45, 2.75) is 38.3 Å². The Bertz CT molecular complexity index is 523. The molecule has 2 saturated heterocycles. The molecule has 0 radical (unpaired) electrons. The largest absolute Gasteiger partial charge is 0.392 e. The predicted octanol–water partition coefficient (Wildman–Crippen LogP) is -0.138.